The molecule has 0 rings (SSSR count). The third-order valence-corrected chi connectivity index (χ3v) is 1.41. The van der Waals surface area contributed by atoms with Crippen LogP contribution < -0.4 is 0 Å². The maximum atomic E-state index is 10.5. The molecule has 3 heteroatoms. The number of aliphatic hydroxyl groups is 1. The quantitative estimate of drug-likeness (QED) is 0.626. The number of carbonyl (C=O) groups excluding carboxylic acids is 1. The number of nitrogens with zero attached hydrogens (tertiary/aromatic N) is 1. The molecule has 1 atom stereocenters. The summed E-state index contributed by atoms with van der Waals surface area (Å²) in [6.45, 7) is 2.18. The molecule has 0 aromatic carbocycles. The fourth-order valence-corrected chi connectivity index (χ4v) is 0.883. The summed E-state index contributed by atoms with van der Waals surface area (Å²) >= 11 is 0. The first-order valence-corrected chi connectivity index (χ1v) is 3.84. The van der Waals surface area contributed by atoms with Gasteiger partial charge in [-0.25, -0.2) is 0 Å². The Hall–Kier alpha value is -0.410. The molecule has 0 radical (unpaired) electrons. The molecule has 0 aromatic rings. The minimum absolute atomic E-state index is 0.141. The average molecular weight is 159 g/mol. The number of aliphatic hydroxyl groups excluding tert-OH is 1. The van der Waals surface area contributed by atoms with Crippen LogP contribution in [0, 0.1) is 0 Å². The van der Waals surface area contributed by atoms with E-state index in [4.69, 9.17) is 0 Å². The normalized spacial score (nSPS) is 13.5. The summed E-state index contributed by atoms with van der Waals surface area (Å²) in [7, 11) is 3.80. The topological polar surface area (TPSA) is 40.5 Å². The third kappa shape index (κ3) is 7.49. The number of rotatable bonds is 5. The van der Waals surface area contributed by atoms with Gasteiger partial charge in [0, 0.05) is 13.0 Å². The summed E-state index contributed by atoms with van der Waals surface area (Å²) in [5, 5.41) is 9.27. The lowest BCUT2D eigenvalue weighted by atomic mass is 10.1. The minimum Gasteiger partial charge on any atom is -0.392 e. The predicted molar refractivity (Wildman–Crippen MR) is 44.5 cm³/mol. The molecule has 0 heterocycles. The Kier molecular flexibility index (Phi) is 5.07. The molecule has 0 aliphatic carbocycles. The van der Waals surface area contributed by atoms with E-state index in [0.717, 1.165) is 0 Å². The van der Waals surface area contributed by atoms with Gasteiger partial charge >= 0.3 is 0 Å². The van der Waals surface area contributed by atoms with E-state index in [0.29, 0.717) is 19.4 Å². The van der Waals surface area contributed by atoms with Crippen LogP contribution in [0.5, 0.6) is 0 Å². The summed E-state index contributed by atoms with van der Waals surface area (Å²) in [4.78, 5) is 12.4. The highest BCUT2D eigenvalue weighted by Gasteiger charge is 2.05. The number of Topliss-reactive ketones (excluding diaryl/α,β-unsaturated/α-hetero) is 1. The van der Waals surface area contributed by atoms with Crippen molar-refractivity contribution in [2.24, 2.45) is 0 Å². The zero-order valence-corrected chi connectivity index (χ0v) is 7.50. The maximum Gasteiger partial charge on any atom is 0.129 e. The summed E-state index contributed by atoms with van der Waals surface area (Å²) < 4.78 is 0. The highest BCUT2D eigenvalue weighted by molar-refractivity contribution is 5.75. The van der Waals surface area contributed by atoms with Gasteiger partial charge in [-0.1, -0.05) is 0 Å². The molecule has 0 aliphatic heterocycles. The molecule has 0 saturated carbocycles. The van der Waals surface area contributed by atoms with Gasteiger partial charge in [0.05, 0.1) is 6.10 Å². The standard InChI is InChI=1S/C8H17NO2/c1-7(10)4-5-8(11)6-9(2)3/h8,11H,4-6H2,1-3H3. The second kappa shape index (κ2) is 5.27. The van der Waals surface area contributed by atoms with Crippen molar-refractivity contribution in [2.75, 3.05) is 20.6 Å². The van der Waals surface area contributed by atoms with Crippen molar-refractivity contribution < 1.29 is 9.90 Å². The van der Waals surface area contributed by atoms with E-state index in [1.807, 2.05) is 19.0 Å². The highest BCUT2D eigenvalue weighted by atomic mass is 16.3. The largest absolute Gasteiger partial charge is 0.392 e. The molecule has 3 nitrogen and oxygen atoms in total. The zero-order valence-electron chi connectivity index (χ0n) is 7.50. The van der Waals surface area contributed by atoms with Crippen LogP contribution >= 0.6 is 0 Å². The van der Waals surface area contributed by atoms with Gasteiger partial charge in [-0.15, -0.1) is 0 Å². The van der Waals surface area contributed by atoms with Crippen molar-refractivity contribution >= 4 is 5.78 Å². The average Bonchev–Trinajstić information content (AvgIpc) is 1.82. The van der Waals surface area contributed by atoms with Crippen LogP contribution in [-0.2, 0) is 4.79 Å². The zero-order chi connectivity index (χ0) is 8.85. The highest BCUT2D eigenvalue weighted by Crippen LogP contribution is 1.98. The molecule has 1 unspecified atom stereocenters. The third-order valence-electron chi connectivity index (χ3n) is 1.41. The molecule has 0 aromatic heterocycles. The maximum absolute atomic E-state index is 10.5. The van der Waals surface area contributed by atoms with Crippen molar-refractivity contribution in [3.63, 3.8) is 0 Å². The van der Waals surface area contributed by atoms with Gasteiger partial charge in [-0.05, 0) is 27.4 Å². The van der Waals surface area contributed by atoms with Gasteiger partial charge in [0.2, 0.25) is 0 Å². The van der Waals surface area contributed by atoms with Gasteiger partial charge in [-0.3, -0.25) is 0 Å². The van der Waals surface area contributed by atoms with Crippen LogP contribution in [-0.4, -0.2) is 42.5 Å². The number of carbonyl (C=O) groups is 1. The Labute approximate surface area is 68.0 Å². The lowest BCUT2D eigenvalue weighted by Crippen LogP contribution is -2.26. The summed E-state index contributed by atoms with van der Waals surface area (Å²) in [5.41, 5.74) is 0. The predicted octanol–water partition coefficient (Wildman–Crippen LogP) is 0.278. The second-order valence-corrected chi connectivity index (χ2v) is 3.16. The van der Waals surface area contributed by atoms with Crippen molar-refractivity contribution in [3.8, 4) is 0 Å². The monoisotopic (exact) mass is 159 g/mol. The van der Waals surface area contributed by atoms with E-state index in [1.54, 1.807) is 6.92 Å². The first kappa shape index (κ1) is 10.6. The van der Waals surface area contributed by atoms with Crippen molar-refractivity contribution in [2.45, 2.75) is 25.9 Å². The van der Waals surface area contributed by atoms with Crippen molar-refractivity contribution in [1.82, 2.24) is 4.90 Å². The van der Waals surface area contributed by atoms with Crippen LogP contribution in [0.15, 0.2) is 0 Å². The number of likely N-dealkylation sites (N-methyl/N-ethyl adjacent to an activating group) is 1. The van der Waals surface area contributed by atoms with Crippen LogP contribution in [0.2, 0.25) is 0 Å². The van der Waals surface area contributed by atoms with Gasteiger partial charge < -0.3 is 14.8 Å². The first-order chi connectivity index (χ1) is 5.02. The molecule has 0 fully saturated rings. The lowest BCUT2D eigenvalue weighted by Gasteiger charge is -2.14. The van der Waals surface area contributed by atoms with Gasteiger partial charge in [0.1, 0.15) is 5.78 Å². The van der Waals surface area contributed by atoms with Gasteiger partial charge in [0.15, 0.2) is 0 Å². The van der Waals surface area contributed by atoms with E-state index >= 15 is 0 Å². The van der Waals surface area contributed by atoms with Gasteiger partial charge in [-0.2, -0.15) is 0 Å². The number of ketones is 1. The Morgan fingerprint density at radius 3 is 2.45 bits per heavy atom. The van der Waals surface area contributed by atoms with Gasteiger partial charge in [0.25, 0.3) is 0 Å². The van der Waals surface area contributed by atoms with Crippen molar-refractivity contribution in [3.05, 3.63) is 0 Å². The Balaban J connectivity index is 3.37. The van der Waals surface area contributed by atoms with Crippen LogP contribution in [0.1, 0.15) is 19.8 Å². The van der Waals surface area contributed by atoms with Crippen molar-refractivity contribution in [1.29, 1.82) is 0 Å². The Morgan fingerprint density at radius 1 is 1.55 bits per heavy atom. The fourth-order valence-electron chi connectivity index (χ4n) is 0.883. The molecule has 0 spiro atoms. The summed E-state index contributed by atoms with van der Waals surface area (Å²) in [5.74, 6) is 0.141. The van der Waals surface area contributed by atoms with E-state index in [-0.39, 0.29) is 11.9 Å². The Bertz CT molecular complexity index is 123. The SMILES string of the molecule is CC(=O)CCC(O)CN(C)C. The smallest absolute Gasteiger partial charge is 0.129 e. The molecule has 66 valence electrons. The number of hydrogen-bond acceptors (Lipinski definition) is 3. The van der Waals surface area contributed by atoms with Crippen LogP contribution in [0.3, 0.4) is 0 Å². The minimum atomic E-state index is -0.367. The molecule has 11 heavy (non-hydrogen) atoms. The molecule has 0 bridgehead atoms. The summed E-state index contributed by atoms with van der Waals surface area (Å²) in [6, 6.07) is 0. The summed E-state index contributed by atoms with van der Waals surface area (Å²) in [6.07, 6.45) is 0.691. The molecule has 0 aliphatic rings. The first-order valence-electron chi connectivity index (χ1n) is 3.84. The van der Waals surface area contributed by atoms with E-state index < -0.39 is 0 Å². The van der Waals surface area contributed by atoms with Crippen LogP contribution in [0.25, 0.3) is 0 Å². The molecule has 1 N–H and O–H groups in total. The molecule has 0 saturated heterocycles. The Morgan fingerprint density at radius 2 is 2.09 bits per heavy atom. The van der Waals surface area contributed by atoms with Crippen LogP contribution in [0.4, 0.5) is 0 Å². The fraction of sp³-hybridized carbons (Fsp3) is 0.875. The van der Waals surface area contributed by atoms with E-state index in [2.05, 4.69) is 0 Å². The van der Waals surface area contributed by atoms with E-state index in [9.17, 15) is 9.90 Å². The molecular weight excluding hydrogens is 142 g/mol. The second-order valence-electron chi connectivity index (χ2n) is 3.16. The van der Waals surface area contributed by atoms with E-state index in [1.165, 1.54) is 0 Å². The molecular formula is C8H17NO2. The lowest BCUT2D eigenvalue weighted by molar-refractivity contribution is -0.117. The number of hydrogen-bond donors (Lipinski definition) is 1. The molecule has 0 amide bonds.